The van der Waals surface area contributed by atoms with Gasteiger partial charge < -0.3 is 10.6 Å². The summed E-state index contributed by atoms with van der Waals surface area (Å²) in [5, 5.41) is 5.90. The predicted octanol–water partition coefficient (Wildman–Crippen LogP) is 0.350. The first-order chi connectivity index (χ1) is 7.33. The number of carbonyl (C=O) groups excluding carboxylic acids is 1. The molecule has 0 aromatic carbocycles. The van der Waals surface area contributed by atoms with Crippen molar-refractivity contribution in [1.82, 2.24) is 15.6 Å². The molecule has 0 saturated heterocycles. The van der Waals surface area contributed by atoms with Crippen molar-refractivity contribution in [2.75, 3.05) is 20.1 Å². The second-order valence-corrected chi connectivity index (χ2v) is 3.34. The minimum absolute atomic E-state index is 0.0669. The van der Waals surface area contributed by atoms with Crippen molar-refractivity contribution in [1.29, 1.82) is 0 Å². The van der Waals surface area contributed by atoms with E-state index < -0.39 is 0 Å². The van der Waals surface area contributed by atoms with Gasteiger partial charge >= 0.3 is 0 Å². The predicted molar refractivity (Wildman–Crippen MR) is 59.5 cm³/mol. The van der Waals surface area contributed by atoms with Crippen LogP contribution < -0.4 is 10.6 Å². The molecule has 0 bridgehead atoms. The zero-order chi connectivity index (χ0) is 10.9. The van der Waals surface area contributed by atoms with Crippen molar-refractivity contribution >= 4 is 5.91 Å². The van der Waals surface area contributed by atoms with E-state index in [1.54, 1.807) is 12.4 Å². The van der Waals surface area contributed by atoms with Crippen LogP contribution in [0, 0.1) is 0 Å². The summed E-state index contributed by atoms with van der Waals surface area (Å²) in [5.74, 6) is 0.0669. The maximum atomic E-state index is 11.4. The van der Waals surface area contributed by atoms with E-state index in [9.17, 15) is 4.79 Å². The summed E-state index contributed by atoms with van der Waals surface area (Å²) in [6, 6.07) is 3.71. The molecule has 0 fully saturated rings. The summed E-state index contributed by atoms with van der Waals surface area (Å²) in [4.78, 5) is 15.3. The highest BCUT2D eigenvalue weighted by Gasteiger charge is 2.01. The number of nitrogens with one attached hydrogen (secondary N) is 2. The molecule has 2 N–H and O–H groups in total. The van der Waals surface area contributed by atoms with E-state index in [0.29, 0.717) is 6.42 Å². The lowest BCUT2D eigenvalue weighted by Crippen LogP contribution is -2.27. The van der Waals surface area contributed by atoms with Gasteiger partial charge in [-0.15, -0.1) is 0 Å². The Kier molecular flexibility index (Phi) is 5.40. The van der Waals surface area contributed by atoms with Gasteiger partial charge in [-0.3, -0.25) is 9.78 Å². The van der Waals surface area contributed by atoms with Crippen LogP contribution in [0.1, 0.15) is 12.0 Å². The lowest BCUT2D eigenvalue weighted by atomic mass is 10.2. The molecule has 1 rings (SSSR count). The number of pyridine rings is 1. The molecule has 0 radical (unpaired) electrons. The van der Waals surface area contributed by atoms with Gasteiger partial charge in [0.15, 0.2) is 0 Å². The average molecular weight is 207 g/mol. The van der Waals surface area contributed by atoms with Gasteiger partial charge in [-0.2, -0.15) is 0 Å². The van der Waals surface area contributed by atoms with Gasteiger partial charge in [-0.1, -0.05) is 0 Å². The van der Waals surface area contributed by atoms with Gasteiger partial charge in [0.1, 0.15) is 0 Å². The standard InChI is InChI=1S/C11H17N3O/c1-12-5-2-6-14-11(15)9-10-3-7-13-8-4-10/h3-4,7-8,12H,2,5-6,9H2,1H3,(H,14,15). The van der Waals surface area contributed by atoms with E-state index in [1.165, 1.54) is 0 Å². The molecular weight excluding hydrogens is 190 g/mol. The molecule has 1 amide bonds. The number of rotatable bonds is 6. The molecular formula is C11H17N3O. The molecule has 0 aliphatic rings. The molecule has 1 aromatic heterocycles. The van der Waals surface area contributed by atoms with Crippen molar-refractivity contribution in [3.63, 3.8) is 0 Å². The van der Waals surface area contributed by atoms with Crippen molar-refractivity contribution in [2.24, 2.45) is 0 Å². The van der Waals surface area contributed by atoms with Crippen molar-refractivity contribution < 1.29 is 4.79 Å². The highest BCUT2D eigenvalue weighted by molar-refractivity contribution is 5.78. The van der Waals surface area contributed by atoms with Crippen LogP contribution in [0.4, 0.5) is 0 Å². The third-order valence-corrected chi connectivity index (χ3v) is 2.04. The Morgan fingerprint density at radius 2 is 2.07 bits per heavy atom. The van der Waals surface area contributed by atoms with E-state index in [2.05, 4.69) is 15.6 Å². The fourth-order valence-corrected chi connectivity index (χ4v) is 1.24. The maximum absolute atomic E-state index is 11.4. The van der Waals surface area contributed by atoms with E-state index in [0.717, 1.165) is 25.1 Å². The Labute approximate surface area is 90.1 Å². The molecule has 0 atom stereocenters. The molecule has 0 unspecified atom stereocenters. The number of amides is 1. The van der Waals surface area contributed by atoms with E-state index in [4.69, 9.17) is 0 Å². The van der Waals surface area contributed by atoms with Gasteiger partial charge in [-0.05, 0) is 37.7 Å². The van der Waals surface area contributed by atoms with E-state index in [1.807, 2.05) is 19.2 Å². The Balaban J connectivity index is 2.19. The maximum Gasteiger partial charge on any atom is 0.224 e. The summed E-state index contributed by atoms with van der Waals surface area (Å²) in [6.07, 6.45) is 4.79. The average Bonchev–Trinajstić information content (AvgIpc) is 2.26. The van der Waals surface area contributed by atoms with E-state index in [-0.39, 0.29) is 5.91 Å². The molecule has 1 aromatic rings. The quantitative estimate of drug-likeness (QED) is 0.662. The number of hydrogen-bond acceptors (Lipinski definition) is 3. The monoisotopic (exact) mass is 207 g/mol. The second-order valence-electron chi connectivity index (χ2n) is 3.34. The highest BCUT2D eigenvalue weighted by Crippen LogP contribution is 1.96. The molecule has 0 saturated carbocycles. The number of hydrogen-bond donors (Lipinski definition) is 2. The summed E-state index contributed by atoms with van der Waals surface area (Å²) < 4.78 is 0. The molecule has 0 aliphatic carbocycles. The van der Waals surface area contributed by atoms with Gasteiger partial charge in [0, 0.05) is 18.9 Å². The first-order valence-corrected chi connectivity index (χ1v) is 5.13. The molecule has 0 aliphatic heterocycles. The first kappa shape index (κ1) is 11.7. The highest BCUT2D eigenvalue weighted by atomic mass is 16.1. The number of nitrogens with zero attached hydrogens (tertiary/aromatic N) is 1. The number of aromatic nitrogens is 1. The lowest BCUT2D eigenvalue weighted by molar-refractivity contribution is -0.120. The van der Waals surface area contributed by atoms with Gasteiger partial charge in [0.25, 0.3) is 0 Å². The SMILES string of the molecule is CNCCCNC(=O)Cc1ccncc1. The Morgan fingerprint density at radius 3 is 2.73 bits per heavy atom. The number of carbonyl (C=O) groups is 1. The van der Waals surface area contributed by atoms with Crippen LogP contribution in [-0.2, 0) is 11.2 Å². The smallest absolute Gasteiger partial charge is 0.224 e. The van der Waals surface area contributed by atoms with Crippen molar-refractivity contribution in [3.05, 3.63) is 30.1 Å². The molecule has 15 heavy (non-hydrogen) atoms. The fourth-order valence-electron chi connectivity index (χ4n) is 1.24. The topological polar surface area (TPSA) is 54.0 Å². The minimum Gasteiger partial charge on any atom is -0.356 e. The van der Waals surface area contributed by atoms with Gasteiger partial charge in [0.05, 0.1) is 6.42 Å². The molecule has 82 valence electrons. The summed E-state index contributed by atoms with van der Waals surface area (Å²) in [6.45, 7) is 1.65. The summed E-state index contributed by atoms with van der Waals surface area (Å²) in [7, 11) is 1.90. The molecule has 4 heteroatoms. The normalized spacial score (nSPS) is 9.93. The van der Waals surface area contributed by atoms with Gasteiger partial charge in [0.2, 0.25) is 5.91 Å². The van der Waals surface area contributed by atoms with Gasteiger partial charge in [-0.25, -0.2) is 0 Å². The summed E-state index contributed by atoms with van der Waals surface area (Å²) in [5.41, 5.74) is 0.996. The molecule has 1 heterocycles. The van der Waals surface area contributed by atoms with Crippen LogP contribution in [0.15, 0.2) is 24.5 Å². The van der Waals surface area contributed by atoms with Crippen molar-refractivity contribution in [2.45, 2.75) is 12.8 Å². The lowest BCUT2D eigenvalue weighted by Gasteiger charge is -2.04. The van der Waals surface area contributed by atoms with Crippen molar-refractivity contribution in [3.8, 4) is 0 Å². The minimum atomic E-state index is 0.0669. The zero-order valence-corrected chi connectivity index (χ0v) is 8.99. The zero-order valence-electron chi connectivity index (χ0n) is 8.99. The van der Waals surface area contributed by atoms with Crippen LogP contribution >= 0.6 is 0 Å². The fraction of sp³-hybridized carbons (Fsp3) is 0.455. The second kappa shape index (κ2) is 6.95. The van der Waals surface area contributed by atoms with Crippen LogP contribution in [0.25, 0.3) is 0 Å². The Morgan fingerprint density at radius 1 is 1.33 bits per heavy atom. The first-order valence-electron chi connectivity index (χ1n) is 5.13. The Hall–Kier alpha value is -1.42. The van der Waals surface area contributed by atoms with Crippen LogP contribution in [0.2, 0.25) is 0 Å². The molecule has 4 nitrogen and oxygen atoms in total. The largest absolute Gasteiger partial charge is 0.356 e. The molecule has 0 spiro atoms. The van der Waals surface area contributed by atoms with E-state index >= 15 is 0 Å². The van der Waals surface area contributed by atoms with Crippen LogP contribution in [-0.4, -0.2) is 31.0 Å². The van der Waals surface area contributed by atoms with Crippen LogP contribution in [0.3, 0.4) is 0 Å². The third kappa shape index (κ3) is 5.12. The summed E-state index contributed by atoms with van der Waals surface area (Å²) >= 11 is 0. The third-order valence-electron chi connectivity index (χ3n) is 2.04. The van der Waals surface area contributed by atoms with Crippen LogP contribution in [0.5, 0.6) is 0 Å². The Bertz CT molecular complexity index is 287.